The smallest absolute Gasteiger partial charge is 0.123 e. The van der Waals surface area contributed by atoms with Gasteiger partial charge in [0.05, 0.1) is 0 Å². The minimum absolute atomic E-state index is 0.175. The molecule has 1 N–H and O–H groups in total. The Kier molecular flexibility index (Phi) is 5.54. The Morgan fingerprint density at radius 2 is 1.90 bits per heavy atom. The van der Waals surface area contributed by atoms with Gasteiger partial charge in [0.2, 0.25) is 0 Å². The monoisotopic (exact) mass is 349 g/mol. The lowest BCUT2D eigenvalue weighted by Gasteiger charge is -2.22. The lowest BCUT2D eigenvalue weighted by atomic mass is 9.94. The zero-order valence-corrected chi connectivity index (χ0v) is 14.3. The average Bonchev–Trinajstić information content (AvgIpc) is 2.42. The van der Waals surface area contributed by atoms with Crippen molar-refractivity contribution in [2.75, 3.05) is 6.54 Å². The van der Waals surface area contributed by atoms with E-state index in [0.717, 1.165) is 23.0 Å². The van der Waals surface area contributed by atoms with E-state index in [1.165, 1.54) is 22.8 Å². The molecule has 0 saturated carbocycles. The lowest BCUT2D eigenvalue weighted by Crippen LogP contribution is -2.24. The molecule has 2 rings (SSSR count). The second-order valence-corrected chi connectivity index (χ2v) is 6.26. The summed E-state index contributed by atoms with van der Waals surface area (Å²) in [5.41, 5.74) is 4.76. The topological polar surface area (TPSA) is 12.0 Å². The van der Waals surface area contributed by atoms with E-state index in [-0.39, 0.29) is 11.9 Å². The summed E-state index contributed by atoms with van der Waals surface area (Å²) >= 11 is 3.57. The fourth-order valence-corrected chi connectivity index (χ4v) is 3.07. The van der Waals surface area contributed by atoms with Crippen LogP contribution in [0.1, 0.15) is 35.2 Å². The van der Waals surface area contributed by atoms with E-state index in [2.05, 4.69) is 54.2 Å². The van der Waals surface area contributed by atoms with Crippen molar-refractivity contribution in [1.82, 2.24) is 5.32 Å². The molecule has 0 amide bonds. The molecule has 0 aliphatic rings. The van der Waals surface area contributed by atoms with Gasteiger partial charge in [-0.1, -0.05) is 41.1 Å². The Labute approximate surface area is 134 Å². The third-order valence-electron chi connectivity index (χ3n) is 3.70. The summed E-state index contributed by atoms with van der Waals surface area (Å²) in [5.74, 6) is -0.175. The molecule has 0 fully saturated rings. The molecule has 112 valence electrons. The highest BCUT2D eigenvalue weighted by molar-refractivity contribution is 9.10. The minimum Gasteiger partial charge on any atom is -0.310 e. The molecule has 0 bridgehead atoms. The fraction of sp³-hybridized carbons (Fsp3) is 0.333. The first-order chi connectivity index (χ1) is 10.0. The maximum atomic E-state index is 13.4. The predicted octanol–water partition coefficient (Wildman–Crippen LogP) is 5.10. The van der Waals surface area contributed by atoms with Crippen LogP contribution in [0.4, 0.5) is 4.39 Å². The van der Waals surface area contributed by atoms with Crippen molar-refractivity contribution in [3.05, 3.63) is 68.9 Å². The van der Waals surface area contributed by atoms with E-state index < -0.39 is 0 Å². The fourth-order valence-electron chi connectivity index (χ4n) is 2.62. The third-order valence-corrected chi connectivity index (χ3v) is 4.56. The van der Waals surface area contributed by atoms with Crippen LogP contribution in [0.2, 0.25) is 0 Å². The van der Waals surface area contributed by atoms with Gasteiger partial charge >= 0.3 is 0 Å². The summed E-state index contributed by atoms with van der Waals surface area (Å²) in [5, 5.41) is 3.52. The van der Waals surface area contributed by atoms with Gasteiger partial charge in [-0.05, 0) is 67.3 Å². The Bertz CT molecular complexity index is 625. The number of likely N-dealkylation sites (N-methyl/N-ethyl adjacent to an activating group) is 1. The molecule has 1 nitrogen and oxygen atoms in total. The van der Waals surface area contributed by atoms with Gasteiger partial charge < -0.3 is 5.32 Å². The molecule has 0 aromatic heterocycles. The van der Waals surface area contributed by atoms with Gasteiger partial charge in [-0.3, -0.25) is 0 Å². The van der Waals surface area contributed by atoms with Crippen molar-refractivity contribution >= 4 is 15.9 Å². The van der Waals surface area contributed by atoms with Crippen LogP contribution in [0.5, 0.6) is 0 Å². The largest absolute Gasteiger partial charge is 0.310 e. The molecule has 0 spiro atoms. The van der Waals surface area contributed by atoms with Crippen LogP contribution in [0.15, 0.2) is 40.9 Å². The first kappa shape index (κ1) is 16.2. The highest BCUT2D eigenvalue weighted by atomic mass is 79.9. The van der Waals surface area contributed by atoms with Crippen LogP contribution in [-0.4, -0.2) is 6.54 Å². The minimum atomic E-state index is -0.175. The maximum absolute atomic E-state index is 13.4. The Hall–Kier alpha value is -1.19. The van der Waals surface area contributed by atoms with Crippen LogP contribution in [0, 0.1) is 19.7 Å². The van der Waals surface area contributed by atoms with E-state index in [0.29, 0.717) is 0 Å². The van der Waals surface area contributed by atoms with Crippen molar-refractivity contribution in [3.8, 4) is 0 Å². The van der Waals surface area contributed by atoms with E-state index in [9.17, 15) is 4.39 Å². The average molecular weight is 350 g/mol. The van der Waals surface area contributed by atoms with Gasteiger partial charge in [-0.25, -0.2) is 4.39 Å². The molecule has 0 radical (unpaired) electrons. The number of halogens is 2. The maximum Gasteiger partial charge on any atom is 0.123 e. The summed E-state index contributed by atoms with van der Waals surface area (Å²) in [7, 11) is 0. The van der Waals surface area contributed by atoms with Crippen LogP contribution >= 0.6 is 15.9 Å². The molecule has 0 aliphatic heterocycles. The van der Waals surface area contributed by atoms with Crippen molar-refractivity contribution < 1.29 is 4.39 Å². The zero-order chi connectivity index (χ0) is 15.4. The van der Waals surface area contributed by atoms with Gasteiger partial charge in [0, 0.05) is 10.5 Å². The number of benzene rings is 2. The summed E-state index contributed by atoms with van der Waals surface area (Å²) in [6.07, 6.45) is 0.785. The molecule has 21 heavy (non-hydrogen) atoms. The Morgan fingerprint density at radius 3 is 2.57 bits per heavy atom. The number of aryl methyl sites for hydroxylation is 2. The van der Waals surface area contributed by atoms with E-state index in [1.54, 1.807) is 12.1 Å². The molecule has 1 unspecified atom stereocenters. The number of hydrogen-bond donors (Lipinski definition) is 1. The molecule has 2 aromatic rings. The molecule has 0 aliphatic carbocycles. The van der Waals surface area contributed by atoms with Crippen molar-refractivity contribution in [1.29, 1.82) is 0 Å². The summed E-state index contributed by atoms with van der Waals surface area (Å²) in [6, 6.07) is 11.4. The normalized spacial score (nSPS) is 12.4. The molecular formula is C18H21BrFN. The zero-order valence-electron chi connectivity index (χ0n) is 12.7. The highest BCUT2D eigenvalue weighted by Gasteiger charge is 2.15. The van der Waals surface area contributed by atoms with E-state index in [1.807, 2.05) is 6.07 Å². The van der Waals surface area contributed by atoms with Gasteiger partial charge in [-0.2, -0.15) is 0 Å². The van der Waals surface area contributed by atoms with Crippen LogP contribution in [0.3, 0.4) is 0 Å². The molecule has 2 aromatic carbocycles. The lowest BCUT2D eigenvalue weighted by molar-refractivity contribution is 0.544. The van der Waals surface area contributed by atoms with Crippen LogP contribution in [0.25, 0.3) is 0 Å². The number of rotatable bonds is 5. The summed E-state index contributed by atoms with van der Waals surface area (Å²) < 4.78 is 14.5. The first-order valence-corrected chi connectivity index (χ1v) is 8.05. The number of nitrogens with one attached hydrogen (secondary N) is 1. The van der Waals surface area contributed by atoms with Gasteiger partial charge in [0.25, 0.3) is 0 Å². The third kappa shape index (κ3) is 4.14. The molecular weight excluding hydrogens is 329 g/mol. The predicted molar refractivity (Wildman–Crippen MR) is 90.1 cm³/mol. The highest BCUT2D eigenvalue weighted by Crippen LogP contribution is 2.27. The second kappa shape index (κ2) is 7.19. The van der Waals surface area contributed by atoms with Crippen molar-refractivity contribution in [2.45, 2.75) is 33.2 Å². The quantitative estimate of drug-likeness (QED) is 0.791. The standard InChI is InChI=1S/C18H21BrFN/c1-4-21-18(11-14-6-5-7-15(20)10-14)16-8-13(3)17(19)9-12(16)2/h5-10,18,21H,4,11H2,1-3H3. The van der Waals surface area contributed by atoms with E-state index >= 15 is 0 Å². The second-order valence-electron chi connectivity index (χ2n) is 5.40. The molecule has 0 heterocycles. The molecule has 1 atom stereocenters. The van der Waals surface area contributed by atoms with Crippen molar-refractivity contribution in [3.63, 3.8) is 0 Å². The number of hydrogen-bond acceptors (Lipinski definition) is 1. The van der Waals surface area contributed by atoms with Crippen molar-refractivity contribution in [2.24, 2.45) is 0 Å². The van der Waals surface area contributed by atoms with Crippen LogP contribution < -0.4 is 5.32 Å². The Morgan fingerprint density at radius 1 is 1.14 bits per heavy atom. The van der Waals surface area contributed by atoms with Gasteiger partial charge in [-0.15, -0.1) is 0 Å². The Balaban J connectivity index is 2.33. The molecule has 0 saturated heterocycles. The van der Waals surface area contributed by atoms with Crippen LogP contribution in [-0.2, 0) is 6.42 Å². The summed E-state index contributed by atoms with van der Waals surface area (Å²) in [6.45, 7) is 7.20. The SMILES string of the molecule is CCNC(Cc1cccc(F)c1)c1cc(C)c(Br)cc1C. The first-order valence-electron chi connectivity index (χ1n) is 7.25. The van der Waals surface area contributed by atoms with Gasteiger partial charge in [0.1, 0.15) is 5.82 Å². The molecule has 3 heteroatoms. The summed E-state index contributed by atoms with van der Waals surface area (Å²) in [4.78, 5) is 0. The van der Waals surface area contributed by atoms with Gasteiger partial charge in [0.15, 0.2) is 0 Å². The van der Waals surface area contributed by atoms with E-state index in [4.69, 9.17) is 0 Å².